The SMILES string of the molecule is Cc1csc2c(NCC(C)(C)CCCCl)ncnc12. The smallest absolute Gasteiger partial charge is 0.147 e. The lowest BCUT2D eigenvalue weighted by atomic mass is 9.88. The quantitative estimate of drug-likeness (QED) is 0.800. The second-order valence-corrected chi connectivity index (χ2v) is 6.89. The number of thiophene rings is 1. The molecule has 2 aromatic rings. The Hall–Kier alpha value is -0.870. The number of aromatic nitrogens is 2. The predicted molar refractivity (Wildman–Crippen MR) is 84.4 cm³/mol. The van der Waals surface area contributed by atoms with Gasteiger partial charge in [0.05, 0.1) is 10.2 Å². The normalized spacial score (nSPS) is 12.0. The minimum absolute atomic E-state index is 0.221. The third kappa shape index (κ3) is 3.57. The van der Waals surface area contributed by atoms with Gasteiger partial charge in [0.25, 0.3) is 0 Å². The van der Waals surface area contributed by atoms with Crippen molar-refractivity contribution in [3.8, 4) is 0 Å². The fraction of sp³-hybridized carbons (Fsp3) is 0.571. The van der Waals surface area contributed by atoms with E-state index in [0.29, 0.717) is 0 Å². The Morgan fingerprint density at radius 2 is 2.16 bits per heavy atom. The van der Waals surface area contributed by atoms with Gasteiger partial charge in [-0.25, -0.2) is 9.97 Å². The van der Waals surface area contributed by atoms with E-state index in [-0.39, 0.29) is 5.41 Å². The van der Waals surface area contributed by atoms with Gasteiger partial charge in [-0.15, -0.1) is 22.9 Å². The van der Waals surface area contributed by atoms with Crippen LogP contribution in [0.15, 0.2) is 11.7 Å². The highest BCUT2D eigenvalue weighted by atomic mass is 35.5. The molecule has 104 valence electrons. The number of nitrogens with one attached hydrogen (secondary N) is 1. The van der Waals surface area contributed by atoms with Gasteiger partial charge in [-0.05, 0) is 36.1 Å². The minimum atomic E-state index is 0.221. The Morgan fingerprint density at radius 3 is 2.89 bits per heavy atom. The molecule has 0 saturated heterocycles. The first-order chi connectivity index (χ1) is 9.03. The van der Waals surface area contributed by atoms with Crippen LogP contribution in [0.25, 0.3) is 10.2 Å². The summed E-state index contributed by atoms with van der Waals surface area (Å²) in [6, 6.07) is 0. The molecule has 2 aromatic heterocycles. The third-order valence-electron chi connectivity index (χ3n) is 3.25. The number of hydrogen-bond donors (Lipinski definition) is 1. The van der Waals surface area contributed by atoms with Crippen LogP contribution in [0.4, 0.5) is 5.82 Å². The van der Waals surface area contributed by atoms with Crippen molar-refractivity contribution in [1.29, 1.82) is 0 Å². The fourth-order valence-corrected chi connectivity index (χ4v) is 3.15. The molecule has 0 saturated carbocycles. The van der Waals surface area contributed by atoms with Crippen LogP contribution >= 0.6 is 22.9 Å². The zero-order chi connectivity index (χ0) is 13.9. The number of aryl methyl sites for hydroxylation is 1. The van der Waals surface area contributed by atoms with E-state index in [4.69, 9.17) is 11.6 Å². The van der Waals surface area contributed by atoms with Crippen LogP contribution in [0.1, 0.15) is 32.3 Å². The van der Waals surface area contributed by atoms with E-state index >= 15 is 0 Å². The van der Waals surface area contributed by atoms with Crippen LogP contribution in [-0.2, 0) is 0 Å². The van der Waals surface area contributed by atoms with Gasteiger partial charge in [0.1, 0.15) is 12.1 Å². The van der Waals surface area contributed by atoms with Gasteiger partial charge >= 0.3 is 0 Å². The molecular formula is C14H20ClN3S. The largest absolute Gasteiger partial charge is 0.368 e. The highest BCUT2D eigenvalue weighted by Gasteiger charge is 2.18. The Morgan fingerprint density at radius 1 is 1.37 bits per heavy atom. The van der Waals surface area contributed by atoms with Crippen molar-refractivity contribution in [1.82, 2.24) is 9.97 Å². The second kappa shape index (κ2) is 6.06. The number of halogens is 1. The molecule has 3 nitrogen and oxygen atoms in total. The lowest BCUT2D eigenvalue weighted by Gasteiger charge is -2.24. The summed E-state index contributed by atoms with van der Waals surface area (Å²) in [5, 5.41) is 5.59. The molecule has 0 aliphatic rings. The Balaban J connectivity index is 2.09. The van der Waals surface area contributed by atoms with Crippen molar-refractivity contribution in [3.05, 3.63) is 17.3 Å². The summed E-state index contributed by atoms with van der Waals surface area (Å²) < 4.78 is 1.15. The first kappa shape index (κ1) is 14.5. The second-order valence-electron chi connectivity index (χ2n) is 5.63. The van der Waals surface area contributed by atoms with Gasteiger partial charge in [-0.3, -0.25) is 0 Å². The van der Waals surface area contributed by atoms with Gasteiger partial charge < -0.3 is 5.32 Å². The molecule has 5 heteroatoms. The Labute approximate surface area is 123 Å². The molecule has 0 aromatic carbocycles. The average molecular weight is 298 g/mol. The molecule has 1 N–H and O–H groups in total. The van der Waals surface area contributed by atoms with Crippen molar-refractivity contribution < 1.29 is 0 Å². The summed E-state index contributed by atoms with van der Waals surface area (Å²) >= 11 is 7.47. The zero-order valence-corrected chi connectivity index (χ0v) is 13.2. The molecule has 0 spiro atoms. The van der Waals surface area contributed by atoms with Gasteiger partial charge in [-0.2, -0.15) is 0 Å². The molecular weight excluding hydrogens is 278 g/mol. The molecule has 19 heavy (non-hydrogen) atoms. The van der Waals surface area contributed by atoms with Crippen molar-refractivity contribution in [2.75, 3.05) is 17.7 Å². The van der Waals surface area contributed by atoms with Crippen LogP contribution < -0.4 is 5.32 Å². The molecule has 0 aliphatic heterocycles. The molecule has 2 rings (SSSR count). The van der Waals surface area contributed by atoms with E-state index in [0.717, 1.165) is 41.3 Å². The summed E-state index contributed by atoms with van der Waals surface area (Å²) in [5.41, 5.74) is 2.49. The van der Waals surface area contributed by atoms with E-state index in [1.807, 2.05) is 0 Å². The number of alkyl halides is 1. The number of rotatable bonds is 6. The maximum absolute atomic E-state index is 5.77. The summed E-state index contributed by atoms with van der Waals surface area (Å²) in [4.78, 5) is 8.70. The number of anilines is 1. The van der Waals surface area contributed by atoms with E-state index in [9.17, 15) is 0 Å². The van der Waals surface area contributed by atoms with Crippen molar-refractivity contribution in [2.45, 2.75) is 33.6 Å². The average Bonchev–Trinajstić information content (AvgIpc) is 2.77. The van der Waals surface area contributed by atoms with Crippen LogP contribution in [-0.4, -0.2) is 22.4 Å². The predicted octanol–water partition coefficient (Wildman–Crippen LogP) is 4.46. The molecule has 0 unspecified atom stereocenters. The molecule has 0 fully saturated rings. The maximum atomic E-state index is 5.77. The van der Waals surface area contributed by atoms with E-state index in [2.05, 4.69) is 41.4 Å². The van der Waals surface area contributed by atoms with Crippen LogP contribution in [0.5, 0.6) is 0 Å². The summed E-state index contributed by atoms with van der Waals surface area (Å²) in [5.74, 6) is 1.67. The number of hydrogen-bond acceptors (Lipinski definition) is 4. The van der Waals surface area contributed by atoms with Crippen LogP contribution in [0.2, 0.25) is 0 Å². The lowest BCUT2D eigenvalue weighted by molar-refractivity contribution is 0.355. The lowest BCUT2D eigenvalue weighted by Crippen LogP contribution is -2.23. The zero-order valence-electron chi connectivity index (χ0n) is 11.7. The molecule has 2 heterocycles. The van der Waals surface area contributed by atoms with E-state index < -0.39 is 0 Å². The summed E-state index contributed by atoms with van der Waals surface area (Å²) in [6.07, 6.45) is 3.80. The highest BCUT2D eigenvalue weighted by Crippen LogP contribution is 2.30. The van der Waals surface area contributed by atoms with Crippen molar-refractivity contribution in [3.63, 3.8) is 0 Å². The van der Waals surface area contributed by atoms with Crippen LogP contribution in [0, 0.1) is 12.3 Å². The maximum Gasteiger partial charge on any atom is 0.147 e. The Bertz CT molecular complexity index is 551. The van der Waals surface area contributed by atoms with Gasteiger partial charge in [0.15, 0.2) is 0 Å². The molecule has 0 bridgehead atoms. The fourth-order valence-electron chi connectivity index (χ4n) is 2.05. The number of nitrogens with zero attached hydrogens (tertiary/aromatic N) is 2. The topological polar surface area (TPSA) is 37.8 Å². The van der Waals surface area contributed by atoms with Gasteiger partial charge in [-0.1, -0.05) is 13.8 Å². The molecule has 0 atom stereocenters. The van der Waals surface area contributed by atoms with Crippen molar-refractivity contribution >= 4 is 39.0 Å². The van der Waals surface area contributed by atoms with Crippen LogP contribution in [0.3, 0.4) is 0 Å². The summed E-state index contributed by atoms with van der Waals surface area (Å²) in [6.45, 7) is 7.49. The molecule has 0 amide bonds. The van der Waals surface area contributed by atoms with E-state index in [1.165, 1.54) is 5.56 Å². The molecule has 0 radical (unpaired) electrons. The Kier molecular flexibility index (Phi) is 4.63. The van der Waals surface area contributed by atoms with Gasteiger partial charge in [0, 0.05) is 12.4 Å². The van der Waals surface area contributed by atoms with Gasteiger partial charge in [0.2, 0.25) is 0 Å². The monoisotopic (exact) mass is 297 g/mol. The minimum Gasteiger partial charge on any atom is -0.368 e. The summed E-state index contributed by atoms with van der Waals surface area (Å²) in [7, 11) is 0. The first-order valence-corrected chi connectivity index (χ1v) is 7.93. The molecule has 0 aliphatic carbocycles. The van der Waals surface area contributed by atoms with E-state index in [1.54, 1.807) is 17.7 Å². The standard InChI is InChI=1S/C14H20ClN3S/c1-10-7-19-12-11(10)17-9-18-13(12)16-8-14(2,3)5-4-6-15/h7,9H,4-6,8H2,1-3H3,(H,16,17,18). The number of fused-ring (bicyclic) bond motifs is 1. The highest BCUT2D eigenvalue weighted by molar-refractivity contribution is 7.18. The first-order valence-electron chi connectivity index (χ1n) is 6.52. The third-order valence-corrected chi connectivity index (χ3v) is 4.61. The van der Waals surface area contributed by atoms with Crippen molar-refractivity contribution in [2.24, 2.45) is 5.41 Å².